The summed E-state index contributed by atoms with van der Waals surface area (Å²) in [5, 5.41) is 0. The standard InChI is InChI=1S/C23H22N2OS/c1-4-20-22(18-8-6-5-7-9-18)25-19(14-26)21(24-23(25)27-20)17-12-10-16(11-13-17)15(2)3/h5-15H,4H2,1-3H3. The van der Waals surface area contributed by atoms with Crippen LogP contribution < -0.4 is 0 Å². The SMILES string of the molecule is CCc1sc2nc(-c3ccc(C(C)C)cc3)c(C=O)n2c1-c1ccccc1. The van der Waals surface area contributed by atoms with Gasteiger partial charge < -0.3 is 0 Å². The number of imidazole rings is 1. The fraction of sp³-hybridized carbons (Fsp3) is 0.217. The van der Waals surface area contributed by atoms with Crippen molar-refractivity contribution in [3.8, 4) is 22.5 Å². The van der Waals surface area contributed by atoms with Crippen molar-refractivity contribution in [2.24, 2.45) is 0 Å². The number of hydrogen-bond acceptors (Lipinski definition) is 3. The predicted octanol–water partition coefficient (Wildman–Crippen LogP) is 6.23. The van der Waals surface area contributed by atoms with Crippen molar-refractivity contribution < 1.29 is 4.79 Å². The lowest BCUT2D eigenvalue weighted by molar-refractivity contribution is 0.111. The summed E-state index contributed by atoms with van der Waals surface area (Å²) in [7, 11) is 0. The van der Waals surface area contributed by atoms with Gasteiger partial charge in [-0.15, -0.1) is 11.3 Å². The van der Waals surface area contributed by atoms with Crippen LogP contribution in [0.5, 0.6) is 0 Å². The van der Waals surface area contributed by atoms with Crippen LogP contribution in [0.3, 0.4) is 0 Å². The number of carbonyl (C=O) groups excluding carboxylic acids is 1. The van der Waals surface area contributed by atoms with Gasteiger partial charge in [-0.2, -0.15) is 0 Å². The van der Waals surface area contributed by atoms with Gasteiger partial charge in [0.25, 0.3) is 0 Å². The highest BCUT2D eigenvalue weighted by molar-refractivity contribution is 7.17. The van der Waals surface area contributed by atoms with E-state index in [1.54, 1.807) is 11.3 Å². The maximum Gasteiger partial charge on any atom is 0.195 e. The molecule has 0 aliphatic rings. The first-order chi connectivity index (χ1) is 13.1. The predicted molar refractivity (Wildman–Crippen MR) is 113 cm³/mol. The zero-order valence-electron chi connectivity index (χ0n) is 15.8. The molecule has 0 aliphatic carbocycles. The monoisotopic (exact) mass is 374 g/mol. The number of carbonyl (C=O) groups is 1. The second kappa shape index (κ2) is 7.12. The summed E-state index contributed by atoms with van der Waals surface area (Å²) < 4.78 is 2.03. The molecule has 3 nitrogen and oxygen atoms in total. The van der Waals surface area contributed by atoms with Gasteiger partial charge in [-0.05, 0) is 23.5 Å². The molecule has 4 rings (SSSR count). The van der Waals surface area contributed by atoms with Gasteiger partial charge in [-0.3, -0.25) is 9.20 Å². The molecule has 27 heavy (non-hydrogen) atoms. The Balaban J connectivity index is 1.94. The Kier molecular flexibility index (Phi) is 4.66. The average Bonchev–Trinajstić information content (AvgIpc) is 3.23. The number of benzene rings is 2. The molecular formula is C23H22N2OS. The zero-order valence-corrected chi connectivity index (χ0v) is 16.6. The first-order valence-electron chi connectivity index (χ1n) is 9.29. The summed E-state index contributed by atoms with van der Waals surface area (Å²) in [6.45, 7) is 6.50. The molecule has 0 bridgehead atoms. The molecule has 0 spiro atoms. The minimum atomic E-state index is 0.479. The molecular weight excluding hydrogens is 352 g/mol. The summed E-state index contributed by atoms with van der Waals surface area (Å²) in [6, 6.07) is 18.6. The molecule has 2 heterocycles. The van der Waals surface area contributed by atoms with E-state index in [-0.39, 0.29) is 0 Å². The third kappa shape index (κ3) is 3.00. The van der Waals surface area contributed by atoms with E-state index in [1.165, 1.54) is 10.4 Å². The van der Waals surface area contributed by atoms with Crippen molar-refractivity contribution in [1.82, 2.24) is 9.38 Å². The molecule has 0 N–H and O–H groups in total. The van der Waals surface area contributed by atoms with E-state index in [2.05, 4.69) is 57.2 Å². The molecule has 0 saturated heterocycles. The highest BCUT2D eigenvalue weighted by Crippen LogP contribution is 2.36. The number of hydrogen-bond donors (Lipinski definition) is 0. The first-order valence-corrected chi connectivity index (χ1v) is 10.1. The second-order valence-corrected chi connectivity index (χ2v) is 8.01. The lowest BCUT2D eigenvalue weighted by atomic mass is 10.0. The Morgan fingerprint density at radius 1 is 1.04 bits per heavy atom. The molecule has 0 atom stereocenters. The van der Waals surface area contributed by atoms with E-state index in [0.29, 0.717) is 11.6 Å². The number of aryl methyl sites for hydroxylation is 1. The van der Waals surface area contributed by atoms with Crippen molar-refractivity contribution in [1.29, 1.82) is 0 Å². The maximum absolute atomic E-state index is 12.1. The van der Waals surface area contributed by atoms with Crippen LogP contribution in [0.1, 0.15) is 47.6 Å². The molecule has 0 fully saturated rings. The van der Waals surface area contributed by atoms with Gasteiger partial charge in [0.2, 0.25) is 0 Å². The Hall–Kier alpha value is -2.72. The first kappa shape index (κ1) is 17.7. The van der Waals surface area contributed by atoms with E-state index >= 15 is 0 Å². The van der Waals surface area contributed by atoms with Crippen molar-refractivity contribution in [2.75, 3.05) is 0 Å². The second-order valence-electron chi connectivity index (χ2n) is 6.95. The Labute approximate surface area is 163 Å². The van der Waals surface area contributed by atoms with Crippen LogP contribution >= 0.6 is 11.3 Å². The number of rotatable bonds is 5. The minimum Gasteiger partial charge on any atom is -0.296 e. The molecule has 2 aromatic carbocycles. The lowest BCUT2D eigenvalue weighted by Gasteiger charge is -2.07. The third-order valence-electron chi connectivity index (χ3n) is 4.92. The average molecular weight is 375 g/mol. The molecule has 0 unspecified atom stereocenters. The van der Waals surface area contributed by atoms with E-state index < -0.39 is 0 Å². The largest absolute Gasteiger partial charge is 0.296 e. The van der Waals surface area contributed by atoms with Gasteiger partial charge in [-0.25, -0.2) is 4.98 Å². The van der Waals surface area contributed by atoms with Gasteiger partial charge in [0.05, 0.1) is 5.69 Å². The van der Waals surface area contributed by atoms with Gasteiger partial charge in [0, 0.05) is 10.4 Å². The van der Waals surface area contributed by atoms with E-state index in [9.17, 15) is 4.79 Å². The highest BCUT2D eigenvalue weighted by atomic mass is 32.1. The number of aldehydes is 1. The summed E-state index contributed by atoms with van der Waals surface area (Å²) >= 11 is 1.66. The van der Waals surface area contributed by atoms with Crippen LogP contribution in [0, 0.1) is 0 Å². The normalized spacial score (nSPS) is 11.4. The van der Waals surface area contributed by atoms with Crippen molar-refractivity contribution in [3.63, 3.8) is 0 Å². The Morgan fingerprint density at radius 3 is 2.33 bits per heavy atom. The number of aromatic nitrogens is 2. The molecule has 4 heteroatoms. The van der Waals surface area contributed by atoms with Crippen molar-refractivity contribution in [2.45, 2.75) is 33.1 Å². The van der Waals surface area contributed by atoms with E-state index in [4.69, 9.17) is 4.98 Å². The summed E-state index contributed by atoms with van der Waals surface area (Å²) in [4.78, 5) is 19.0. The van der Waals surface area contributed by atoms with Gasteiger partial charge >= 0.3 is 0 Å². The maximum atomic E-state index is 12.1. The Morgan fingerprint density at radius 2 is 1.74 bits per heavy atom. The van der Waals surface area contributed by atoms with Gasteiger partial charge in [-0.1, -0.05) is 75.4 Å². The van der Waals surface area contributed by atoms with Gasteiger partial charge in [0.1, 0.15) is 11.4 Å². The van der Waals surface area contributed by atoms with Crippen LogP contribution in [-0.4, -0.2) is 15.7 Å². The van der Waals surface area contributed by atoms with E-state index in [1.807, 2.05) is 22.6 Å². The molecule has 0 saturated carbocycles. The molecule has 0 aliphatic heterocycles. The molecule has 4 aromatic rings. The summed E-state index contributed by atoms with van der Waals surface area (Å²) in [5.41, 5.74) is 5.84. The van der Waals surface area contributed by atoms with Crippen LogP contribution in [0.2, 0.25) is 0 Å². The fourth-order valence-electron chi connectivity index (χ4n) is 3.45. The zero-order chi connectivity index (χ0) is 19.0. The minimum absolute atomic E-state index is 0.479. The fourth-order valence-corrected chi connectivity index (χ4v) is 4.54. The van der Waals surface area contributed by atoms with Crippen LogP contribution in [0.25, 0.3) is 27.5 Å². The van der Waals surface area contributed by atoms with Crippen LogP contribution in [0.4, 0.5) is 0 Å². The summed E-state index contributed by atoms with van der Waals surface area (Å²) in [6.07, 6.45) is 1.85. The number of nitrogens with zero attached hydrogens (tertiary/aromatic N) is 2. The van der Waals surface area contributed by atoms with Gasteiger partial charge in [0.15, 0.2) is 11.2 Å². The quantitative estimate of drug-likeness (QED) is 0.388. The number of thiazole rings is 1. The molecule has 0 radical (unpaired) electrons. The van der Waals surface area contributed by atoms with Crippen LogP contribution in [-0.2, 0) is 6.42 Å². The van der Waals surface area contributed by atoms with E-state index in [0.717, 1.165) is 40.2 Å². The molecule has 0 amide bonds. The highest BCUT2D eigenvalue weighted by Gasteiger charge is 2.21. The number of fused-ring (bicyclic) bond motifs is 1. The molecule has 136 valence electrons. The third-order valence-corrected chi connectivity index (χ3v) is 6.10. The van der Waals surface area contributed by atoms with Crippen LogP contribution in [0.15, 0.2) is 54.6 Å². The lowest BCUT2D eigenvalue weighted by Crippen LogP contribution is -1.96. The molecule has 2 aromatic heterocycles. The summed E-state index contributed by atoms with van der Waals surface area (Å²) in [5.74, 6) is 0.479. The van der Waals surface area contributed by atoms with Crippen molar-refractivity contribution in [3.05, 3.63) is 70.7 Å². The Bertz CT molecular complexity index is 1090. The smallest absolute Gasteiger partial charge is 0.195 e. The van der Waals surface area contributed by atoms with Crippen molar-refractivity contribution >= 4 is 22.6 Å². The topological polar surface area (TPSA) is 34.4 Å².